The summed E-state index contributed by atoms with van der Waals surface area (Å²) in [5.74, 6) is 1.13. The second-order valence-electron chi connectivity index (χ2n) is 8.16. The highest BCUT2D eigenvalue weighted by molar-refractivity contribution is 7.89. The minimum Gasteiger partial charge on any atom is -0.497 e. The summed E-state index contributed by atoms with van der Waals surface area (Å²) in [6.07, 6.45) is 9.47. The molecular formula is C25H28ClN5O3S. The lowest BCUT2D eigenvalue weighted by Gasteiger charge is -2.15. The zero-order valence-electron chi connectivity index (χ0n) is 19.4. The van der Waals surface area contributed by atoms with Crippen LogP contribution in [0, 0.1) is 0 Å². The minimum atomic E-state index is -3.54. The molecule has 35 heavy (non-hydrogen) atoms. The SMILES string of the molecule is COc1ccc(Cl)c(C=Cc2cnc(Nc3ccc(S(=O)(=O)NCCN4CCCC4)cc3)nc2)c1. The highest BCUT2D eigenvalue weighted by atomic mass is 35.5. The van der Waals surface area contributed by atoms with Gasteiger partial charge in [0.1, 0.15) is 5.75 Å². The summed E-state index contributed by atoms with van der Waals surface area (Å²) in [5.41, 5.74) is 2.32. The summed E-state index contributed by atoms with van der Waals surface area (Å²) in [6, 6.07) is 11.9. The second kappa shape index (κ2) is 11.6. The number of hydrogen-bond acceptors (Lipinski definition) is 7. The van der Waals surface area contributed by atoms with Crippen molar-refractivity contribution in [2.75, 3.05) is 38.6 Å². The van der Waals surface area contributed by atoms with E-state index in [0.717, 1.165) is 36.5 Å². The maximum atomic E-state index is 12.5. The molecule has 2 N–H and O–H groups in total. The molecule has 0 radical (unpaired) electrons. The van der Waals surface area contributed by atoms with Crippen LogP contribution in [0.1, 0.15) is 24.0 Å². The molecule has 1 aromatic heterocycles. The van der Waals surface area contributed by atoms with Gasteiger partial charge in [0.05, 0.1) is 12.0 Å². The fraction of sp³-hybridized carbons (Fsp3) is 0.280. The van der Waals surface area contributed by atoms with E-state index < -0.39 is 10.0 Å². The number of sulfonamides is 1. The van der Waals surface area contributed by atoms with Gasteiger partial charge in [-0.3, -0.25) is 0 Å². The molecule has 0 aliphatic carbocycles. The van der Waals surface area contributed by atoms with E-state index in [4.69, 9.17) is 16.3 Å². The first kappa shape index (κ1) is 25.1. The Hall–Kier alpha value is -2.98. The molecule has 0 atom stereocenters. The van der Waals surface area contributed by atoms with Crippen molar-refractivity contribution in [3.05, 3.63) is 71.0 Å². The Morgan fingerprint density at radius 3 is 2.46 bits per heavy atom. The molecule has 1 fully saturated rings. The van der Waals surface area contributed by atoms with E-state index in [1.54, 1.807) is 55.9 Å². The lowest BCUT2D eigenvalue weighted by Crippen LogP contribution is -2.33. The molecule has 3 aromatic rings. The molecule has 8 nitrogen and oxygen atoms in total. The van der Waals surface area contributed by atoms with Crippen molar-refractivity contribution in [2.24, 2.45) is 0 Å². The number of anilines is 2. The van der Waals surface area contributed by atoms with Gasteiger partial charge in [0.15, 0.2) is 0 Å². The molecule has 184 valence electrons. The van der Waals surface area contributed by atoms with Gasteiger partial charge in [-0.15, -0.1) is 0 Å². The fourth-order valence-corrected chi connectivity index (χ4v) is 4.93. The van der Waals surface area contributed by atoms with E-state index in [1.807, 2.05) is 18.2 Å². The zero-order chi connectivity index (χ0) is 24.7. The van der Waals surface area contributed by atoms with Crippen molar-refractivity contribution in [3.63, 3.8) is 0 Å². The molecule has 0 bridgehead atoms. The molecule has 4 rings (SSSR count). The van der Waals surface area contributed by atoms with E-state index in [-0.39, 0.29) is 4.90 Å². The Balaban J connectivity index is 1.33. The minimum absolute atomic E-state index is 0.224. The van der Waals surface area contributed by atoms with Crippen LogP contribution in [0.25, 0.3) is 12.2 Å². The Morgan fingerprint density at radius 2 is 1.77 bits per heavy atom. The van der Waals surface area contributed by atoms with Gasteiger partial charge in [0.25, 0.3) is 0 Å². The fourth-order valence-electron chi connectivity index (χ4n) is 3.73. The molecule has 1 aliphatic heterocycles. The highest BCUT2D eigenvalue weighted by Crippen LogP contribution is 2.24. The van der Waals surface area contributed by atoms with Crippen LogP contribution >= 0.6 is 11.6 Å². The zero-order valence-corrected chi connectivity index (χ0v) is 21.0. The third-order valence-corrected chi connectivity index (χ3v) is 7.49. The summed E-state index contributed by atoms with van der Waals surface area (Å²) in [5, 5.41) is 3.70. The first-order chi connectivity index (χ1) is 16.9. The smallest absolute Gasteiger partial charge is 0.240 e. The van der Waals surface area contributed by atoms with Crippen LogP contribution < -0.4 is 14.8 Å². The van der Waals surface area contributed by atoms with Gasteiger partial charge in [0.2, 0.25) is 16.0 Å². The highest BCUT2D eigenvalue weighted by Gasteiger charge is 2.16. The van der Waals surface area contributed by atoms with Crippen molar-refractivity contribution in [1.82, 2.24) is 19.6 Å². The molecule has 0 amide bonds. The number of nitrogens with one attached hydrogen (secondary N) is 2. The summed E-state index contributed by atoms with van der Waals surface area (Å²) in [7, 11) is -1.94. The van der Waals surface area contributed by atoms with Gasteiger partial charge in [-0.25, -0.2) is 23.1 Å². The van der Waals surface area contributed by atoms with E-state index in [1.165, 1.54) is 12.8 Å². The third-order valence-electron chi connectivity index (χ3n) is 5.67. The van der Waals surface area contributed by atoms with Gasteiger partial charge in [-0.2, -0.15) is 0 Å². The van der Waals surface area contributed by atoms with Gasteiger partial charge >= 0.3 is 0 Å². The van der Waals surface area contributed by atoms with Crippen LogP contribution in [0.3, 0.4) is 0 Å². The number of hydrogen-bond donors (Lipinski definition) is 2. The molecule has 2 aromatic carbocycles. The Bertz CT molecular complexity index is 1260. The number of rotatable bonds is 10. The van der Waals surface area contributed by atoms with Crippen LogP contribution in [-0.4, -0.2) is 56.6 Å². The van der Waals surface area contributed by atoms with Crippen molar-refractivity contribution >= 4 is 45.4 Å². The summed E-state index contributed by atoms with van der Waals surface area (Å²) < 4.78 is 33.0. The van der Waals surface area contributed by atoms with Crippen LogP contribution in [0.15, 0.2) is 59.8 Å². The number of methoxy groups -OCH3 is 1. The number of ether oxygens (including phenoxy) is 1. The van der Waals surface area contributed by atoms with Crippen LogP contribution in [0.4, 0.5) is 11.6 Å². The van der Waals surface area contributed by atoms with Gasteiger partial charge < -0.3 is 15.0 Å². The van der Waals surface area contributed by atoms with Gasteiger partial charge in [-0.1, -0.05) is 23.8 Å². The average Bonchev–Trinajstić information content (AvgIpc) is 3.38. The van der Waals surface area contributed by atoms with Crippen LogP contribution in [-0.2, 0) is 10.0 Å². The maximum absolute atomic E-state index is 12.5. The van der Waals surface area contributed by atoms with Crippen molar-refractivity contribution < 1.29 is 13.2 Å². The van der Waals surface area contributed by atoms with Crippen LogP contribution in [0.2, 0.25) is 5.02 Å². The summed E-state index contributed by atoms with van der Waals surface area (Å²) in [6.45, 7) is 3.21. The van der Waals surface area contributed by atoms with E-state index in [9.17, 15) is 8.42 Å². The van der Waals surface area contributed by atoms with Gasteiger partial charge in [0, 0.05) is 41.8 Å². The number of benzene rings is 2. The number of likely N-dealkylation sites (tertiary alicyclic amines) is 1. The monoisotopic (exact) mass is 513 g/mol. The Labute approximate surface area is 211 Å². The van der Waals surface area contributed by atoms with Crippen LogP contribution in [0.5, 0.6) is 5.75 Å². The third kappa shape index (κ3) is 7.02. The Kier molecular flexibility index (Phi) is 8.35. The van der Waals surface area contributed by atoms with Crippen molar-refractivity contribution in [3.8, 4) is 5.75 Å². The molecule has 1 aliphatic rings. The predicted octanol–water partition coefficient (Wildman–Crippen LogP) is 4.43. The Morgan fingerprint density at radius 1 is 1.06 bits per heavy atom. The predicted molar refractivity (Wildman–Crippen MR) is 140 cm³/mol. The lowest BCUT2D eigenvalue weighted by molar-refractivity contribution is 0.344. The first-order valence-electron chi connectivity index (χ1n) is 11.4. The number of halogens is 1. The molecule has 10 heteroatoms. The van der Waals surface area contributed by atoms with E-state index in [0.29, 0.717) is 23.2 Å². The molecule has 2 heterocycles. The maximum Gasteiger partial charge on any atom is 0.240 e. The molecule has 0 unspecified atom stereocenters. The molecule has 0 spiro atoms. The van der Waals surface area contributed by atoms with E-state index >= 15 is 0 Å². The van der Waals surface area contributed by atoms with Crippen molar-refractivity contribution in [1.29, 1.82) is 0 Å². The topological polar surface area (TPSA) is 96.4 Å². The lowest BCUT2D eigenvalue weighted by atomic mass is 10.1. The van der Waals surface area contributed by atoms with E-state index in [2.05, 4.69) is 24.9 Å². The molecule has 0 saturated carbocycles. The summed E-state index contributed by atoms with van der Waals surface area (Å²) >= 11 is 6.23. The largest absolute Gasteiger partial charge is 0.497 e. The molecular weight excluding hydrogens is 486 g/mol. The standard InChI is InChI=1S/C25H28ClN5O3S/c1-34-22-8-11-24(26)20(16-22)5-4-19-17-27-25(28-18-19)30-21-6-9-23(10-7-21)35(32,33)29-12-15-31-13-2-3-14-31/h4-11,16-18,29H,2-3,12-15H2,1H3,(H,27,28,30). The number of aromatic nitrogens is 2. The second-order valence-corrected chi connectivity index (χ2v) is 10.3. The van der Waals surface area contributed by atoms with Crippen molar-refractivity contribution in [2.45, 2.75) is 17.7 Å². The van der Waals surface area contributed by atoms with Gasteiger partial charge in [-0.05, 0) is 74.0 Å². The number of nitrogens with zero attached hydrogens (tertiary/aromatic N) is 3. The quantitative estimate of drug-likeness (QED) is 0.414. The first-order valence-corrected chi connectivity index (χ1v) is 13.2. The normalized spacial score (nSPS) is 14.5. The average molecular weight is 514 g/mol. The molecule has 1 saturated heterocycles. The summed E-state index contributed by atoms with van der Waals surface area (Å²) in [4.78, 5) is 11.1.